The predicted octanol–water partition coefficient (Wildman–Crippen LogP) is 5.52. The molecule has 0 aromatic heterocycles. The maximum atomic E-state index is 6.09. The zero-order chi connectivity index (χ0) is 12.3. The van der Waals surface area contributed by atoms with Crippen molar-refractivity contribution in [2.45, 2.75) is 46.0 Å². The molecule has 0 spiro atoms. The summed E-state index contributed by atoms with van der Waals surface area (Å²) < 4.78 is 0. The molecule has 0 nitrogen and oxygen atoms in total. The molecule has 2 rings (SSSR count). The first kappa shape index (κ1) is 12.7. The van der Waals surface area contributed by atoms with Crippen molar-refractivity contribution in [3.05, 3.63) is 46.1 Å². The van der Waals surface area contributed by atoms with Crippen LogP contribution in [0, 0.1) is 5.92 Å². The molecule has 0 aromatic rings. The molecule has 0 N–H and O–H groups in total. The molecule has 2 aliphatic rings. The van der Waals surface area contributed by atoms with Crippen molar-refractivity contribution in [2.24, 2.45) is 5.92 Å². The summed E-state index contributed by atoms with van der Waals surface area (Å²) in [5.41, 5.74) is 4.39. The Hall–Kier alpha value is -0.750. The van der Waals surface area contributed by atoms with Gasteiger partial charge in [0.15, 0.2) is 0 Å². The summed E-state index contributed by atoms with van der Waals surface area (Å²) >= 11 is 6.09. The maximum Gasteiger partial charge on any atom is 0.0153 e. The molecule has 92 valence electrons. The normalized spacial score (nSPS) is 27.2. The highest BCUT2D eigenvalue weighted by Crippen LogP contribution is 2.39. The van der Waals surface area contributed by atoms with E-state index in [0.717, 1.165) is 11.0 Å². The fourth-order valence-electron chi connectivity index (χ4n) is 2.61. The van der Waals surface area contributed by atoms with E-state index in [1.54, 1.807) is 0 Å². The first-order chi connectivity index (χ1) is 8.22. The Labute approximate surface area is 110 Å². The SMILES string of the molecule is C\C=C1/CCC=C/C1=C(/C=C(\C)Cl)C1CCC1. The van der Waals surface area contributed by atoms with Crippen LogP contribution in [0.5, 0.6) is 0 Å². The number of hydrogen-bond donors (Lipinski definition) is 0. The van der Waals surface area contributed by atoms with Crippen molar-refractivity contribution < 1.29 is 0 Å². The third-order valence-electron chi connectivity index (χ3n) is 3.77. The second-order valence-electron chi connectivity index (χ2n) is 4.98. The molecule has 1 saturated carbocycles. The minimum absolute atomic E-state index is 0.733. The van der Waals surface area contributed by atoms with Gasteiger partial charge in [0, 0.05) is 5.03 Å². The average molecular weight is 249 g/mol. The molecular formula is C16H21Cl. The fourth-order valence-corrected chi connectivity index (χ4v) is 2.73. The second-order valence-corrected chi connectivity index (χ2v) is 5.58. The second kappa shape index (κ2) is 5.73. The lowest BCUT2D eigenvalue weighted by molar-refractivity contribution is 0.372. The summed E-state index contributed by atoms with van der Waals surface area (Å²) in [7, 11) is 0. The lowest BCUT2D eigenvalue weighted by Gasteiger charge is -2.30. The third-order valence-corrected chi connectivity index (χ3v) is 3.88. The Morgan fingerprint density at radius 1 is 1.41 bits per heavy atom. The van der Waals surface area contributed by atoms with Crippen molar-refractivity contribution >= 4 is 11.6 Å². The van der Waals surface area contributed by atoms with Crippen LogP contribution in [-0.2, 0) is 0 Å². The Bertz CT molecular complexity index is 399. The van der Waals surface area contributed by atoms with Gasteiger partial charge in [-0.25, -0.2) is 0 Å². The molecule has 0 bridgehead atoms. The molecule has 17 heavy (non-hydrogen) atoms. The third kappa shape index (κ3) is 2.93. The number of hydrogen-bond acceptors (Lipinski definition) is 0. The van der Waals surface area contributed by atoms with Crippen LogP contribution in [0.3, 0.4) is 0 Å². The Balaban J connectivity index is 2.43. The van der Waals surface area contributed by atoms with Crippen LogP contribution in [-0.4, -0.2) is 0 Å². The van der Waals surface area contributed by atoms with Gasteiger partial charge in [0.2, 0.25) is 0 Å². The van der Waals surface area contributed by atoms with E-state index < -0.39 is 0 Å². The van der Waals surface area contributed by atoms with E-state index in [4.69, 9.17) is 11.6 Å². The van der Waals surface area contributed by atoms with Gasteiger partial charge in [-0.05, 0) is 68.2 Å². The van der Waals surface area contributed by atoms with Gasteiger partial charge < -0.3 is 0 Å². The van der Waals surface area contributed by atoms with Crippen molar-refractivity contribution in [1.29, 1.82) is 0 Å². The van der Waals surface area contributed by atoms with E-state index in [9.17, 15) is 0 Å². The quantitative estimate of drug-likeness (QED) is 0.603. The largest absolute Gasteiger partial charge is 0.0895 e. The molecule has 0 aliphatic heterocycles. The minimum atomic E-state index is 0.733. The van der Waals surface area contributed by atoms with E-state index in [2.05, 4.69) is 31.2 Å². The minimum Gasteiger partial charge on any atom is -0.0895 e. The van der Waals surface area contributed by atoms with Gasteiger partial charge in [-0.3, -0.25) is 0 Å². The zero-order valence-corrected chi connectivity index (χ0v) is 11.6. The van der Waals surface area contributed by atoms with Crippen LogP contribution >= 0.6 is 11.6 Å². The fraction of sp³-hybridized carbons (Fsp3) is 0.500. The predicted molar refractivity (Wildman–Crippen MR) is 76.1 cm³/mol. The first-order valence-electron chi connectivity index (χ1n) is 6.62. The van der Waals surface area contributed by atoms with Crippen molar-refractivity contribution in [2.75, 3.05) is 0 Å². The van der Waals surface area contributed by atoms with Crippen LogP contribution < -0.4 is 0 Å². The highest BCUT2D eigenvalue weighted by molar-refractivity contribution is 6.29. The summed E-state index contributed by atoms with van der Waals surface area (Å²) in [5, 5.41) is 0.897. The average Bonchev–Trinajstić information content (AvgIpc) is 2.25. The van der Waals surface area contributed by atoms with Gasteiger partial charge >= 0.3 is 0 Å². The Kier molecular flexibility index (Phi) is 4.28. The number of rotatable bonds is 2. The van der Waals surface area contributed by atoms with E-state index in [0.29, 0.717) is 0 Å². The van der Waals surface area contributed by atoms with Crippen LogP contribution in [0.15, 0.2) is 46.1 Å². The number of halogens is 1. The highest BCUT2D eigenvalue weighted by atomic mass is 35.5. The molecule has 1 fully saturated rings. The first-order valence-corrected chi connectivity index (χ1v) is 7.00. The molecule has 0 aromatic carbocycles. The zero-order valence-electron chi connectivity index (χ0n) is 10.8. The van der Waals surface area contributed by atoms with Crippen molar-refractivity contribution in [3.63, 3.8) is 0 Å². The van der Waals surface area contributed by atoms with Crippen LogP contribution in [0.1, 0.15) is 46.0 Å². The van der Waals surface area contributed by atoms with E-state index >= 15 is 0 Å². The number of allylic oxidation sites excluding steroid dienone is 8. The molecule has 0 heterocycles. The van der Waals surface area contributed by atoms with E-state index in [1.807, 2.05) is 6.92 Å². The van der Waals surface area contributed by atoms with Crippen LogP contribution in [0.25, 0.3) is 0 Å². The summed E-state index contributed by atoms with van der Waals surface area (Å²) in [4.78, 5) is 0. The molecule has 2 aliphatic carbocycles. The standard InChI is InChI=1S/C16H21Cl/c1-3-13-7-4-5-10-15(13)16(11-12(2)17)14-8-6-9-14/h3,5,10-11,14H,4,6-9H2,1-2H3/b12-11+,13-3+,16-15+. The highest BCUT2D eigenvalue weighted by Gasteiger charge is 2.24. The molecule has 1 heteroatoms. The molecular weight excluding hydrogens is 228 g/mol. The monoisotopic (exact) mass is 248 g/mol. The summed E-state index contributed by atoms with van der Waals surface area (Å²) in [6.07, 6.45) is 15.4. The topological polar surface area (TPSA) is 0 Å². The van der Waals surface area contributed by atoms with Gasteiger partial charge in [0.05, 0.1) is 0 Å². The van der Waals surface area contributed by atoms with Gasteiger partial charge in [0.25, 0.3) is 0 Å². The van der Waals surface area contributed by atoms with Gasteiger partial charge in [-0.1, -0.05) is 36.2 Å². The summed E-state index contributed by atoms with van der Waals surface area (Å²) in [6, 6.07) is 0. The summed E-state index contributed by atoms with van der Waals surface area (Å²) in [6.45, 7) is 4.12. The van der Waals surface area contributed by atoms with Gasteiger partial charge in [0.1, 0.15) is 0 Å². The van der Waals surface area contributed by atoms with Crippen molar-refractivity contribution in [3.8, 4) is 0 Å². The summed E-state index contributed by atoms with van der Waals surface area (Å²) in [5.74, 6) is 0.733. The lowest BCUT2D eigenvalue weighted by Crippen LogP contribution is -2.15. The van der Waals surface area contributed by atoms with Gasteiger partial charge in [-0.2, -0.15) is 0 Å². The van der Waals surface area contributed by atoms with E-state index in [-0.39, 0.29) is 0 Å². The molecule has 0 amide bonds. The van der Waals surface area contributed by atoms with Gasteiger partial charge in [-0.15, -0.1) is 0 Å². The molecule has 0 radical (unpaired) electrons. The molecule has 0 atom stereocenters. The molecule has 0 unspecified atom stereocenters. The van der Waals surface area contributed by atoms with Crippen LogP contribution in [0.2, 0.25) is 0 Å². The lowest BCUT2D eigenvalue weighted by atomic mass is 9.75. The Morgan fingerprint density at radius 3 is 2.71 bits per heavy atom. The smallest absolute Gasteiger partial charge is 0.0153 e. The van der Waals surface area contributed by atoms with Crippen molar-refractivity contribution in [1.82, 2.24) is 0 Å². The maximum absolute atomic E-state index is 6.09. The Morgan fingerprint density at radius 2 is 2.18 bits per heavy atom. The van der Waals surface area contributed by atoms with E-state index in [1.165, 1.54) is 48.8 Å². The van der Waals surface area contributed by atoms with Crippen LogP contribution in [0.4, 0.5) is 0 Å². The molecule has 0 saturated heterocycles.